The number of aryl methyl sites for hydroxylation is 1. The Kier molecular flexibility index (Phi) is 1.91. The molecule has 1 aromatic heterocycles. The Bertz CT molecular complexity index is 505. The van der Waals surface area contributed by atoms with Crippen LogP contribution in [0.5, 0.6) is 0 Å². The van der Waals surface area contributed by atoms with Gasteiger partial charge in [-0.2, -0.15) is 5.10 Å². The summed E-state index contributed by atoms with van der Waals surface area (Å²) in [5.41, 5.74) is 2.63. The quantitative estimate of drug-likeness (QED) is 0.779. The minimum Gasteiger partial charge on any atom is -0.384 e. The minimum absolute atomic E-state index is 0.689. The van der Waals surface area contributed by atoms with Crippen LogP contribution in [0, 0.1) is 0 Å². The van der Waals surface area contributed by atoms with Gasteiger partial charge in [0.1, 0.15) is 5.60 Å². The molecule has 1 aromatic carbocycles. The molecular weight excluding hydrogens is 200 g/mol. The molecule has 82 valence electrons. The highest BCUT2D eigenvalue weighted by molar-refractivity contribution is 5.38. The SMILES string of the molecule is Cn1cc(C2(O)Cc3ccccc3C2)cn1. The largest absolute Gasteiger partial charge is 0.384 e. The van der Waals surface area contributed by atoms with E-state index < -0.39 is 5.60 Å². The van der Waals surface area contributed by atoms with Crippen molar-refractivity contribution in [2.45, 2.75) is 18.4 Å². The van der Waals surface area contributed by atoms with Crippen LogP contribution in [0.3, 0.4) is 0 Å². The Morgan fingerprint density at radius 2 is 1.88 bits per heavy atom. The second-order valence-electron chi connectivity index (χ2n) is 4.56. The van der Waals surface area contributed by atoms with Crippen LogP contribution in [0.2, 0.25) is 0 Å². The summed E-state index contributed by atoms with van der Waals surface area (Å²) in [5, 5.41) is 14.8. The molecule has 1 aliphatic rings. The fourth-order valence-corrected chi connectivity index (χ4v) is 2.46. The summed E-state index contributed by atoms with van der Waals surface area (Å²) in [5.74, 6) is 0. The van der Waals surface area contributed by atoms with E-state index in [9.17, 15) is 5.11 Å². The molecule has 0 saturated heterocycles. The highest BCUT2D eigenvalue weighted by Crippen LogP contribution is 2.37. The van der Waals surface area contributed by atoms with Crippen LogP contribution in [0.25, 0.3) is 0 Å². The zero-order valence-corrected chi connectivity index (χ0v) is 9.22. The van der Waals surface area contributed by atoms with Gasteiger partial charge in [-0.25, -0.2) is 0 Å². The molecule has 0 unspecified atom stereocenters. The summed E-state index contributed by atoms with van der Waals surface area (Å²) in [7, 11) is 1.87. The lowest BCUT2D eigenvalue weighted by Gasteiger charge is -2.20. The lowest BCUT2D eigenvalue weighted by atomic mass is 9.94. The molecule has 16 heavy (non-hydrogen) atoms. The predicted octanol–water partition coefficient (Wildman–Crippen LogP) is 1.41. The van der Waals surface area contributed by atoms with Gasteiger partial charge in [0.25, 0.3) is 0 Å². The van der Waals surface area contributed by atoms with E-state index in [2.05, 4.69) is 17.2 Å². The zero-order chi connectivity index (χ0) is 11.2. The third-order valence-corrected chi connectivity index (χ3v) is 3.33. The lowest BCUT2D eigenvalue weighted by Crippen LogP contribution is -2.25. The van der Waals surface area contributed by atoms with E-state index in [1.807, 2.05) is 25.4 Å². The maximum Gasteiger partial charge on any atom is 0.101 e. The first-order valence-corrected chi connectivity index (χ1v) is 5.46. The van der Waals surface area contributed by atoms with Gasteiger partial charge in [-0.3, -0.25) is 4.68 Å². The molecule has 3 nitrogen and oxygen atoms in total. The Morgan fingerprint density at radius 1 is 1.25 bits per heavy atom. The van der Waals surface area contributed by atoms with Crippen molar-refractivity contribution in [2.24, 2.45) is 7.05 Å². The van der Waals surface area contributed by atoms with Crippen molar-refractivity contribution < 1.29 is 5.11 Å². The third-order valence-electron chi connectivity index (χ3n) is 3.33. The predicted molar refractivity (Wildman–Crippen MR) is 61.0 cm³/mol. The Morgan fingerprint density at radius 3 is 2.38 bits per heavy atom. The molecule has 2 aromatic rings. The molecule has 1 aliphatic carbocycles. The van der Waals surface area contributed by atoms with Gasteiger partial charge in [-0.15, -0.1) is 0 Å². The van der Waals surface area contributed by atoms with Crippen molar-refractivity contribution >= 4 is 0 Å². The number of hydrogen-bond donors (Lipinski definition) is 1. The molecule has 0 fully saturated rings. The molecule has 0 aliphatic heterocycles. The van der Waals surface area contributed by atoms with E-state index in [1.165, 1.54) is 11.1 Å². The van der Waals surface area contributed by atoms with E-state index in [-0.39, 0.29) is 0 Å². The van der Waals surface area contributed by atoms with Gasteiger partial charge in [0, 0.05) is 31.6 Å². The normalized spacial score (nSPS) is 17.4. The van der Waals surface area contributed by atoms with Gasteiger partial charge in [0.2, 0.25) is 0 Å². The smallest absolute Gasteiger partial charge is 0.101 e. The molecule has 0 bridgehead atoms. The molecule has 0 amide bonds. The molecule has 0 spiro atoms. The van der Waals surface area contributed by atoms with E-state index in [0.717, 1.165) is 5.56 Å². The number of nitrogens with zero attached hydrogens (tertiary/aromatic N) is 2. The molecule has 0 atom stereocenters. The topological polar surface area (TPSA) is 38.0 Å². The van der Waals surface area contributed by atoms with Crippen LogP contribution in [0.15, 0.2) is 36.7 Å². The van der Waals surface area contributed by atoms with Gasteiger partial charge >= 0.3 is 0 Å². The zero-order valence-electron chi connectivity index (χ0n) is 9.22. The van der Waals surface area contributed by atoms with E-state index >= 15 is 0 Å². The summed E-state index contributed by atoms with van der Waals surface area (Å²) >= 11 is 0. The summed E-state index contributed by atoms with van der Waals surface area (Å²) in [6, 6.07) is 8.22. The standard InChI is InChI=1S/C13H14N2O/c1-15-9-12(8-14-15)13(16)6-10-4-2-3-5-11(10)7-13/h2-5,8-9,16H,6-7H2,1H3. The summed E-state index contributed by atoms with van der Waals surface area (Å²) in [6.45, 7) is 0. The average molecular weight is 214 g/mol. The highest BCUT2D eigenvalue weighted by atomic mass is 16.3. The fourth-order valence-electron chi connectivity index (χ4n) is 2.46. The number of aromatic nitrogens is 2. The van der Waals surface area contributed by atoms with Crippen LogP contribution in [-0.4, -0.2) is 14.9 Å². The molecule has 3 rings (SSSR count). The van der Waals surface area contributed by atoms with E-state index in [4.69, 9.17) is 0 Å². The molecule has 0 saturated carbocycles. The molecule has 0 radical (unpaired) electrons. The van der Waals surface area contributed by atoms with E-state index in [0.29, 0.717) is 12.8 Å². The van der Waals surface area contributed by atoms with Gasteiger partial charge in [0.05, 0.1) is 6.20 Å². The van der Waals surface area contributed by atoms with Gasteiger partial charge < -0.3 is 5.11 Å². The number of hydrogen-bond acceptors (Lipinski definition) is 2. The Hall–Kier alpha value is -1.61. The second kappa shape index (κ2) is 3.19. The van der Waals surface area contributed by atoms with Crippen LogP contribution in [-0.2, 0) is 25.5 Å². The van der Waals surface area contributed by atoms with Crippen LogP contribution in [0.4, 0.5) is 0 Å². The average Bonchev–Trinajstić information content (AvgIpc) is 2.81. The lowest BCUT2D eigenvalue weighted by molar-refractivity contribution is 0.0481. The van der Waals surface area contributed by atoms with Crippen molar-refractivity contribution in [1.29, 1.82) is 0 Å². The van der Waals surface area contributed by atoms with Gasteiger partial charge in [-0.1, -0.05) is 24.3 Å². The van der Waals surface area contributed by atoms with Gasteiger partial charge in [0.15, 0.2) is 0 Å². The third kappa shape index (κ3) is 1.36. The highest BCUT2D eigenvalue weighted by Gasteiger charge is 2.37. The first-order chi connectivity index (χ1) is 7.67. The Labute approximate surface area is 94.3 Å². The second-order valence-corrected chi connectivity index (χ2v) is 4.56. The number of rotatable bonds is 1. The fraction of sp³-hybridized carbons (Fsp3) is 0.308. The molecular formula is C13H14N2O. The van der Waals surface area contributed by atoms with Crippen molar-refractivity contribution in [1.82, 2.24) is 9.78 Å². The number of aliphatic hydroxyl groups is 1. The molecule has 1 heterocycles. The summed E-state index contributed by atoms with van der Waals surface area (Å²) in [4.78, 5) is 0. The maximum absolute atomic E-state index is 10.6. The van der Waals surface area contributed by atoms with Crippen LogP contribution < -0.4 is 0 Å². The Balaban J connectivity index is 2.00. The van der Waals surface area contributed by atoms with Crippen LogP contribution >= 0.6 is 0 Å². The van der Waals surface area contributed by atoms with Crippen molar-refractivity contribution in [3.8, 4) is 0 Å². The minimum atomic E-state index is -0.766. The van der Waals surface area contributed by atoms with Crippen molar-refractivity contribution in [2.75, 3.05) is 0 Å². The first kappa shape index (κ1) is 9.60. The monoisotopic (exact) mass is 214 g/mol. The van der Waals surface area contributed by atoms with Crippen LogP contribution in [0.1, 0.15) is 16.7 Å². The first-order valence-electron chi connectivity index (χ1n) is 5.46. The van der Waals surface area contributed by atoms with Crippen molar-refractivity contribution in [3.05, 3.63) is 53.3 Å². The van der Waals surface area contributed by atoms with E-state index in [1.54, 1.807) is 10.9 Å². The molecule has 3 heteroatoms. The summed E-state index contributed by atoms with van der Waals surface area (Å²) < 4.78 is 1.73. The van der Waals surface area contributed by atoms with Crippen molar-refractivity contribution in [3.63, 3.8) is 0 Å². The maximum atomic E-state index is 10.6. The number of fused-ring (bicyclic) bond motifs is 1. The summed E-state index contributed by atoms with van der Waals surface area (Å²) in [6.07, 6.45) is 5.03. The molecule has 1 N–H and O–H groups in total. The van der Waals surface area contributed by atoms with Gasteiger partial charge in [-0.05, 0) is 11.1 Å². The number of benzene rings is 1.